The van der Waals surface area contributed by atoms with Crippen LogP contribution in [0.15, 0.2) is 29.2 Å². The Morgan fingerprint density at radius 1 is 1.00 bits per heavy atom. The third-order valence-electron chi connectivity index (χ3n) is 3.03. The van der Waals surface area contributed by atoms with Gasteiger partial charge in [-0.25, -0.2) is 0 Å². The highest BCUT2D eigenvalue weighted by Crippen LogP contribution is 2.33. The minimum absolute atomic E-state index is 0.563. The lowest BCUT2D eigenvalue weighted by Gasteiger charge is -2.20. The zero-order valence-corrected chi connectivity index (χ0v) is 10.1. The number of benzene rings is 1. The van der Waals surface area contributed by atoms with Crippen LogP contribution in [0.1, 0.15) is 32.1 Å². The predicted octanol–water partition coefficient (Wildman–Crippen LogP) is 1.79. The van der Waals surface area contributed by atoms with E-state index in [1.54, 1.807) is 12.1 Å². The summed E-state index contributed by atoms with van der Waals surface area (Å²) < 4.78 is 0. The zero-order chi connectivity index (χ0) is 11.4. The minimum Gasteiger partial charge on any atom is -0.423 e. The van der Waals surface area contributed by atoms with E-state index in [2.05, 4.69) is 0 Å². The van der Waals surface area contributed by atoms with E-state index in [0.717, 1.165) is 5.25 Å². The van der Waals surface area contributed by atoms with E-state index in [1.807, 2.05) is 23.9 Å². The highest BCUT2D eigenvalue weighted by Gasteiger charge is 2.15. The molecule has 0 unspecified atom stereocenters. The molecule has 0 saturated heterocycles. The molecule has 1 saturated carbocycles. The Balaban J connectivity index is 1.93. The van der Waals surface area contributed by atoms with E-state index < -0.39 is 7.12 Å². The Morgan fingerprint density at radius 2 is 1.62 bits per heavy atom. The summed E-state index contributed by atoms with van der Waals surface area (Å²) in [5.74, 6) is 0. The molecule has 0 amide bonds. The first-order valence-corrected chi connectivity index (χ1v) is 6.76. The molecule has 1 aromatic rings. The summed E-state index contributed by atoms with van der Waals surface area (Å²) in [6, 6.07) is 7.54. The van der Waals surface area contributed by atoms with Gasteiger partial charge in [0.25, 0.3) is 0 Å². The maximum absolute atomic E-state index is 8.98. The Bertz CT molecular complexity index is 320. The molecule has 0 aliphatic heterocycles. The van der Waals surface area contributed by atoms with Crippen molar-refractivity contribution < 1.29 is 10.0 Å². The Morgan fingerprint density at radius 3 is 2.19 bits per heavy atom. The second kappa shape index (κ2) is 5.76. The van der Waals surface area contributed by atoms with Crippen molar-refractivity contribution in [2.75, 3.05) is 0 Å². The van der Waals surface area contributed by atoms with Gasteiger partial charge in [0.2, 0.25) is 0 Å². The van der Waals surface area contributed by atoms with E-state index in [1.165, 1.54) is 37.0 Å². The van der Waals surface area contributed by atoms with Crippen LogP contribution in [0.2, 0.25) is 0 Å². The Hall–Kier alpha value is -0.445. The molecule has 16 heavy (non-hydrogen) atoms. The first-order chi connectivity index (χ1) is 7.75. The van der Waals surface area contributed by atoms with Crippen molar-refractivity contribution in [2.45, 2.75) is 42.2 Å². The van der Waals surface area contributed by atoms with Crippen molar-refractivity contribution in [3.05, 3.63) is 24.3 Å². The van der Waals surface area contributed by atoms with Crippen LogP contribution in [0, 0.1) is 0 Å². The lowest BCUT2D eigenvalue weighted by atomic mass is 9.81. The van der Waals surface area contributed by atoms with Crippen molar-refractivity contribution in [1.82, 2.24) is 0 Å². The third-order valence-corrected chi connectivity index (χ3v) is 4.38. The SMILES string of the molecule is OB(O)c1ccc(SC2CCCCC2)cc1. The minimum atomic E-state index is -1.35. The van der Waals surface area contributed by atoms with E-state index in [0.29, 0.717) is 5.46 Å². The fourth-order valence-electron chi connectivity index (χ4n) is 2.09. The number of rotatable bonds is 3. The summed E-state index contributed by atoms with van der Waals surface area (Å²) in [6.45, 7) is 0. The fraction of sp³-hybridized carbons (Fsp3) is 0.500. The van der Waals surface area contributed by atoms with Gasteiger partial charge in [0.15, 0.2) is 0 Å². The van der Waals surface area contributed by atoms with E-state index in [-0.39, 0.29) is 0 Å². The predicted molar refractivity (Wildman–Crippen MR) is 69.0 cm³/mol. The van der Waals surface area contributed by atoms with Crippen LogP contribution < -0.4 is 5.46 Å². The van der Waals surface area contributed by atoms with Crippen LogP contribution in [-0.2, 0) is 0 Å². The normalized spacial score (nSPS) is 17.4. The molecule has 0 spiro atoms. The number of hydrogen-bond acceptors (Lipinski definition) is 3. The standard InChI is InChI=1S/C12H17BO2S/c14-13(15)10-6-8-12(9-7-10)16-11-4-2-1-3-5-11/h6-9,11,14-15H,1-5H2. The average Bonchev–Trinajstić information content (AvgIpc) is 2.31. The summed E-state index contributed by atoms with van der Waals surface area (Å²) in [4.78, 5) is 1.23. The maximum atomic E-state index is 8.98. The molecule has 1 aliphatic carbocycles. The van der Waals surface area contributed by atoms with Crippen molar-refractivity contribution in [2.24, 2.45) is 0 Å². The summed E-state index contributed by atoms with van der Waals surface area (Å²) in [5, 5.41) is 18.7. The van der Waals surface area contributed by atoms with Crippen molar-refractivity contribution in [3.63, 3.8) is 0 Å². The first kappa shape index (κ1) is 12.0. The molecular formula is C12H17BO2S. The van der Waals surface area contributed by atoms with Crippen LogP contribution in [0.5, 0.6) is 0 Å². The molecule has 4 heteroatoms. The topological polar surface area (TPSA) is 40.5 Å². The second-order valence-electron chi connectivity index (χ2n) is 4.32. The van der Waals surface area contributed by atoms with Crippen LogP contribution >= 0.6 is 11.8 Å². The van der Waals surface area contributed by atoms with Gasteiger partial charge in [-0.2, -0.15) is 0 Å². The lowest BCUT2D eigenvalue weighted by Crippen LogP contribution is -2.29. The molecule has 2 nitrogen and oxygen atoms in total. The number of thioether (sulfide) groups is 1. The number of hydrogen-bond donors (Lipinski definition) is 2. The lowest BCUT2D eigenvalue weighted by molar-refractivity contribution is 0.426. The van der Waals surface area contributed by atoms with Gasteiger partial charge in [0.1, 0.15) is 0 Å². The second-order valence-corrected chi connectivity index (χ2v) is 5.69. The quantitative estimate of drug-likeness (QED) is 0.786. The Labute approximate surface area is 101 Å². The molecule has 1 fully saturated rings. The fourth-order valence-corrected chi connectivity index (χ4v) is 3.34. The van der Waals surface area contributed by atoms with Gasteiger partial charge in [-0.05, 0) is 30.4 Å². The summed E-state index contributed by atoms with van der Waals surface area (Å²) in [7, 11) is -1.35. The molecule has 2 N–H and O–H groups in total. The van der Waals surface area contributed by atoms with E-state index in [4.69, 9.17) is 10.0 Å². The third kappa shape index (κ3) is 3.27. The van der Waals surface area contributed by atoms with Gasteiger partial charge in [-0.15, -0.1) is 11.8 Å². The van der Waals surface area contributed by atoms with Crippen LogP contribution in [0.3, 0.4) is 0 Å². The van der Waals surface area contributed by atoms with Crippen LogP contribution in [0.4, 0.5) is 0 Å². The van der Waals surface area contributed by atoms with E-state index >= 15 is 0 Å². The van der Waals surface area contributed by atoms with Gasteiger partial charge in [0, 0.05) is 10.1 Å². The summed E-state index contributed by atoms with van der Waals surface area (Å²) in [6.07, 6.45) is 6.72. The van der Waals surface area contributed by atoms with Crippen LogP contribution in [-0.4, -0.2) is 22.4 Å². The molecule has 86 valence electrons. The largest absolute Gasteiger partial charge is 0.488 e. The molecule has 0 bridgehead atoms. The summed E-state index contributed by atoms with van der Waals surface area (Å²) >= 11 is 1.92. The smallest absolute Gasteiger partial charge is 0.423 e. The maximum Gasteiger partial charge on any atom is 0.488 e. The van der Waals surface area contributed by atoms with Gasteiger partial charge in [0.05, 0.1) is 0 Å². The average molecular weight is 236 g/mol. The van der Waals surface area contributed by atoms with Gasteiger partial charge < -0.3 is 10.0 Å². The molecule has 0 atom stereocenters. The van der Waals surface area contributed by atoms with Crippen molar-refractivity contribution >= 4 is 24.3 Å². The molecule has 1 aromatic carbocycles. The highest BCUT2D eigenvalue weighted by atomic mass is 32.2. The molecular weight excluding hydrogens is 219 g/mol. The highest BCUT2D eigenvalue weighted by molar-refractivity contribution is 8.00. The summed E-state index contributed by atoms with van der Waals surface area (Å²) in [5.41, 5.74) is 0.563. The molecule has 0 radical (unpaired) electrons. The molecule has 2 rings (SSSR count). The Kier molecular flexibility index (Phi) is 4.33. The van der Waals surface area contributed by atoms with Gasteiger partial charge >= 0.3 is 7.12 Å². The van der Waals surface area contributed by atoms with Crippen molar-refractivity contribution in [1.29, 1.82) is 0 Å². The van der Waals surface area contributed by atoms with Crippen molar-refractivity contribution in [3.8, 4) is 0 Å². The molecule has 0 heterocycles. The van der Waals surface area contributed by atoms with E-state index in [9.17, 15) is 0 Å². The molecule has 0 aromatic heterocycles. The van der Waals surface area contributed by atoms with Gasteiger partial charge in [-0.1, -0.05) is 31.4 Å². The van der Waals surface area contributed by atoms with Crippen LogP contribution in [0.25, 0.3) is 0 Å². The van der Waals surface area contributed by atoms with Gasteiger partial charge in [-0.3, -0.25) is 0 Å². The first-order valence-electron chi connectivity index (χ1n) is 5.88. The monoisotopic (exact) mass is 236 g/mol. The zero-order valence-electron chi connectivity index (χ0n) is 9.30. The molecule has 1 aliphatic rings.